The van der Waals surface area contributed by atoms with Crippen molar-refractivity contribution in [2.24, 2.45) is 5.92 Å². The van der Waals surface area contributed by atoms with E-state index in [-0.39, 0.29) is 0 Å². The average molecular weight is 360 g/mol. The summed E-state index contributed by atoms with van der Waals surface area (Å²) >= 11 is 1.42. The summed E-state index contributed by atoms with van der Waals surface area (Å²) < 4.78 is 1.85. The zero-order chi connectivity index (χ0) is 16.5. The summed E-state index contributed by atoms with van der Waals surface area (Å²) in [6.45, 7) is 7.01. The standard InChI is InChI=1S/C21H42.Zn/c1-4-7-8-9-10-11-12-13-14-15-16-17-18-20-21(6-3)19-5-2;/h21H,4-18,20H2,1-3H3;. The second-order valence-electron chi connectivity index (χ2n) is 7.15. The van der Waals surface area contributed by atoms with Crippen molar-refractivity contribution in [2.45, 2.75) is 124 Å². The van der Waals surface area contributed by atoms with Crippen LogP contribution >= 0.6 is 0 Å². The fraction of sp³-hybridized carbons (Fsp3) is 0.952. The first-order valence-electron chi connectivity index (χ1n) is 10.4. The van der Waals surface area contributed by atoms with E-state index < -0.39 is 0 Å². The van der Waals surface area contributed by atoms with Crippen LogP contribution in [0.2, 0.25) is 0 Å². The normalized spacial score (nSPS) is 12.6. The topological polar surface area (TPSA) is 0 Å². The van der Waals surface area contributed by atoms with Crippen LogP contribution in [0.4, 0.5) is 0 Å². The van der Waals surface area contributed by atoms with E-state index in [0.717, 1.165) is 5.92 Å². The van der Waals surface area contributed by atoms with Gasteiger partial charge >= 0.3 is 119 Å². The molecule has 0 rings (SSSR count). The minimum atomic E-state index is 0.956. The van der Waals surface area contributed by atoms with E-state index in [4.69, 9.17) is 0 Å². The van der Waals surface area contributed by atoms with E-state index in [0.29, 0.717) is 0 Å². The first-order chi connectivity index (χ1) is 10.8. The molecule has 0 saturated heterocycles. The van der Waals surface area contributed by atoms with Crippen LogP contribution in [0.1, 0.15) is 124 Å². The molecule has 128 valence electrons. The number of rotatable bonds is 17. The summed E-state index contributed by atoms with van der Waals surface area (Å²) in [6.07, 6.45) is 23.3. The molecular formula is C21H42Zn. The van der Waals surface area contributed by atoms with Crippen molar-refractivity contribution in [1.29, 1.82) is 0 Å². The molecule has 0 aliphatic heterocycles. The number of hydrogen-bond acceptors (Lipinski definition) is 0. The molecule has 1 atom stereocenters. The molecule has 0 fully saturated rings. The third-order valence-electron chi connectivity index (χ3n) is 5.18. The quantitative estimate of drug-likeness (QED) is 0.185. The van der Waals surface area contributed by atoms with E-state index in [9.17, 15) is 0 Å². The molecule has 0 aromatic carbocycles. The van der Waals surface area contributed by atoms with Crippen LogP contribution in [-0.2, 0) is 17.9 Å². The van der Waals surface area contributed by atoms with Crippen LogP contribution in [-0.4, -0.2) is 4.11 Å². The molecule has 0 spiro atoms. The molecule has 0 aliphatic rings. The van der Waals surface area contributed by atoms with E-state index in [1.54, 1.807) is 0 Å². The molecule has 0 amide bonds. The Morgan fingerprint density at radius 3 is 1.41 bits per heavy atom. The van der Waals surface area contributed by atoms with Gasteiger partial charge in [0.05, 0.1) is 0 Å². The summed E-state index contributed by atoms with van der Waals surface area (Å²) in [4.78, 5) is 0. The van der Waals surface area contributed by atoms with E-state index in [2.05, 4.69) is 20.8 Å². The Labute approximate surface area is 151 Å². The summed E-state index contributed by atoms with van der Waals surface area (Å²) in [7, 11) is 0. The van der Waals surface area contributed by atoms with Gasteiger partial charge in [-0.15, -0.1) is 0 Å². The molecule has 0 aliphatic carbocycles. The predicted octanol–water partition coefficient (Wildman–Crippen LogP) is 7.62. The van der Waals surface area contributed by atoms with Gasteiger partial charge in [0, 0.05) is 0 Å². The number of unbranched alkanes of at least 4 members (excludes halogenated alkanes) is 12. The van der Waals surface area contributed by atoms with Crippen molar-refractivity contribution in [3.05, 3.63) is 0 Å². The molecule has 0 nitrogen and oxygen atoms in total. The summed E-state index contributed by atoms with van der Waals surface area (Å²) in [5.41, 5.74) is 0. The maximum atomic E-state index is 2.37. The second-order valence-corrected chi connectivity index (χ2v) is 9.05. The molecule has 0 N–H and O–H groups in total. The van der Waals surface area contributed by atoms with Crippen LogP contribution in [0.15, 0.2) is 0 Å². The first-order valence-corrected chi connectivity index (χ1v) is 11.9. The van der Waals surface area contributed by atoms with Crippen molar-refractivity contribution in [2.75, 3.05) is 0 Å². The Morgan fingerprint density at radius 1 is 0.636 bits per heavy atom. The molecule has 0 radical (unpaired) electrons. The Hall–Kier alpha value is 0.493. The van der Waals surface area contributed by atoms with Gasteiger partial charge in [-0.1, -0.05) is 32.6 Å². The first kappa shape index (κ1) is 22.5. The summed E-state index contributed by atoms with van der Waals surface area (Å²) in [5.74, 6) is 0.956. The van der Waals surface area contributed by atoms with Gasteiger partial charge in [0.1, 0.15) is 0 Å². The van der Waals surface area contributed by atoms with Crippen LogP contribution in [0, 0.1) is 5.92 Å². The molecular weight excluding hydrogens is 318 g/mol. The van der Waals surface area contributed by atoms with Gasteiger partial charge in [-0.05, 0) is 0 Å². The molecule has 0 bridgehead atoms. The molecule has 0 aromatic heterocycles. The van der Waals surface area contributed by atoms with Gasteiger partial charge in [0.2, 0.25) is 0 Å². The molecule has 0 saturated carbocycles. The van der Waals surface area contributed by atoms with Gasteiger partial charge < -0.3 is 0 Å². The average Bonchev–Trinajstić information content (AvgIpc) is 2.54. The fourth-order valence-electron chi connectivity index (χ4n) is 3.39. The zero-order valence-corrected chi connectivity index (χ0v) is 19.1. The molecule has 1 unspecified atom stereocenters. The molecule has 0 heterocycles. The van der Waals surface area contributed by atoms with Crippen molar-refractivity contribution in [1.82, 2.24) is 0 Å². The Kier molecular flexibility index (Phi) is 18.2. The van der Waals surface area contributed by atoms with Crippen LogP contribution in [0.5, 0.6) is 0 Å². The van der Waals surface area contributed by atoms with E-state index >= 15 is 0 Å². The maximum absolute atomic E-state index is 2.37. The summed E-state index contributed by atoms with van der Waals surface area (Å²) in [6, 6.07) is 0. The molecule has 0 aromatic rings. The van der Waals surface area contributed by atoms with Crippen molar-refractivity contribution in [3.63, 3.8) is 0 Å². The van der Waals surface area contributed by atoms with Crippen LogP contribution in [0.25, 0.3) is 0 Å². The molecule has 22 heavy (non-hydrogen) atoms. The van der Waals surface area contributed by atoms with Crippen molar-refractivity contribution >= 4 is 4.11 Å². The van der Waals surface area contributed by atoms with E-state index in [1.165, 1.54) is 121 Å². The number of hydrogen-bond donors (Lipinski definition) is 0. The summed E-state index contributed by atoms with van der Waals surface area (Å²) in [5, 5.41) is 0. The van der Waals surface area contributed by atoms with E-state index in [1.807, 2.05) is 4.11 Å². The minimum absolute atomic E-state index is 0.956. The van der Waals surface area contributed by atoms with Gasteiger partial charge in [-0.3, -0.25) is 0 Å². The SMILES string of the molecule is CCCCCCCCCCCCCCCC(CC)[C](=[Zn])CC. The monoisotopic (exact) mass is 358 g/mol. The second kappa shape index (κ2) is 17.8. The Morgan fingerprint density at radius 2 is 1.05 bits per heavy atom. The fourth-order valence-corrected chi connectivity index (χ4v) is 4.43. The van der Waals surface area contributed by atoms with Gasteiger partial charge in [-0.2, -0.15) is 0 Å². The third-order valence-corrected chi connectivity index (χ3v) is 7.44. The van der Waals surface area contributed by atoms with Crippen molar-refractivity contribution in [3.8, 4) is 0 Å². The van der Waals surface area contributed by atoms with Gasteiger partial charge in [0.15, 0.2) is 0 Å². The van der Waals surface area contributed by atoms with Gasteiger partial charge in [0.25, 0.3) is 0 Å². The Bertz CT molecular complexity index is 234. The zero-order valence-electron chi connectivity index (χ0n) is 16.1. The van der Waals surface area contributed by atoms with Crippen LogP contribution < -0.4 is 0 Å². The van der Waals surface area contributed by atoms with Gasteiger partial charge in [-0.25, -0.2) is 0 Å². The molecule has 1 heteroatoms. The van der Waals surface area contributed by atoms with Crippen LogP contribution in [0.3, 0.4) is 0 Å². The Balaban J connectivity index is 3.21. The predicted molar refractivity (Wildman–Crippen MR) is 99.4 cm³/mol. The van der Waals surface area contributed by atoms with Crippen molar-refractivity contribution < 1.29 is 17.9 Å². The third kappa shape index (κ3) is 14.1.